The number of likely N-dealkylation sites (N-methyl/N-ethyl adjacent to an activating group) is 1. The van der Waals surface area contributed by atoms with Gasteiger partial charge in [-0.1, -0.05) is 121 Å². The van der Waals surface area contributed by atoms with Gasteiger partial charge < -0.3 is 19.9 Å². The minimum Gasteiger partial charge on any atom is -0.375 e. The summed E-state index contributed by atoms with van der Waals surface area (Å²) in [4.78, 5) is 18.4. The van der Waals surface area contributed by atoms with Crippen LogP contribution in [-0.4, -0.2) is 61.7 Å². The summed E-state index contributed by atoms with van der Waals surface area (Å²) in [6.45, 7) is 2.34. The number of carbonyl (C=O) groups excluding carboxylic acids is 1. The van der Waals surface area contributed by atoms with Crippen LogP contribution in [0.5, 0.6) is 0 Å². The molecule has 0 unspecified atom stereocenters. The Morgan fingerprint density at radius 3 is 1.71 bits per heavy atom. The molecule has 0 fully saturated rings. The van der Waals surface area contributed by atoms with Gasteiger partial charge in [-0.3, -0.25) is 0 Å². The van der Waals surface area contributed by atoms with E-state index in [9.17, 15) is 4.79 Å². The summed E-state index contributed by atoms with van der Waals surface area (Å²) in [6, 6.07) is 41.1. The third-order valence-electron chi connectivity index (χ3n) is 7.16. The molecule has 0 spiro atoms. The lowest BCUT2D eigenvalue weighted by atomic mass is 10.0. The molecule has 0 aliphatic rings. The number of hydrogen-bond acceptors (Lipinski definition) is 3. The first-order valence-corrected chi connectivity index (χ1v) is 14.5. The highest BCUT2D eigenvalue weighted by Crippen LogP contribution is 2.14. The number of hydrogen-bond donors (Lipinski definition) is 1. The molecule has 4 aromatic rings. The summed E-state index contributed by atoms with van der Waals surface area (Å²) in [5.74, 6) is 0. The summed E-state index contributed by atoms with van der Waals surface area (Å²) >= 11 is 0. The van der Waals surface area contributed by atoms with Gasteiger partial charge in [0.05, 0.1) is 25.3 Å². The van der Waals surface area contributed by atoms with E-state index in [-0.39, 0.29) is 18.1 Å². The Bertz CT molecular complexity index is 1270. The van der Waals surface area contributed by atoms with Crippen LogP contribution in [0.4, 0.5) is 4.79 Å². The molecule has 0 aliphatic heterocycles. The predicted molar refractivity (Wildman–Crippen MR) is 168 cm³/mol. The fraction of sp³-hybridized carbons (Fsp3) is 0.306. The lowest BCUT2D eigenvalue weighted by Crippen LogP contribution is -2.54. The van der Waals surface area contributed by atoms with Gasteiger partial charge in [-0.25, -0.2) is 4.79 Å². The van der Waals surface area contributed by atoms with Gasteiger partial charge in [0.15, 0.2) is 0 Å². The topological polar surface area (TPSA) is 44.8 Å². The Hall–Kier alpha value is -3.93. The van der Waals surface area contributed by atoms with Crippen molar-refractivity contribution in [3.05, 3.63) is 144 Å². The number of rotatable bonds is 15. The van der Waals surface area contributed by atoms with E-state index < -0.39 is 0 Å². The van der Waals surface area contributed by atoms with E-state index in [1.165, 1.54) is 16.7 Å². The standard InChI is InChI=1S/C36H43N3O2/c1-38(2)27-35(26-32-19-11-5-12-20-32)39(24-23-30-15-7-3-8-16-30)36(40)37-34(25-31-17-9-4-10-18-31)29-41-28-33-21-13-6-14-22-33/h3-22,34-35H,23-29H2,1-2H3,(H,37,40)/t34-,35-/m0/s1. The Labute approximate surface area is 245 Å². The van der Waals surface area contributed by atoms with Gasteiger partial charge in [0.1, 0.15) is 0 Å². The zero-order valence-corrected chi connectivity index (χ0v) is 24.4. The van der Waals surface area contributed by atoms with Crippen LogP contribution >= 0.6 is 0 Å². The van der Waals surface area contributed by atoms with Gasteiger partial charge >= 0.3 is 6.03 Å². The first-order chi connectivity index (χ1) is 20.1. The van der Waals surface area contributed by atoms with Gasteiger partial charge in [-0.15, -0.1) is 0 Å². The highest BCUT2D eigenvalue weighted by atomic mass is 16.5. The third-order valence-corrected chi connectivity index (χ3v) is 7.16. The fourth-order valence-corrected chi connectivity index (χ4v) is 5.13. The summed E-state index contributed by atoms with van der Waals surface area (Å²) in [7, 11) is 4.14. The average molecular weight is 550 g/mol. The average Bonchev–Trinajstić information content (AvgIpc) is 2.99. The second-order valence-electron chi connectivity index (χ2n) is 10.9. The summed E-state index contributed by atoms with van der Waals surface area (Å²) in [5, 5.41) is 3.37. The molecule has 2 atom stereocenters. The molecule has 0 saturated carbocycles. The number of ether oxygens (including phenoxy) is 1. The maximum atomic E-state index is 14.2. The third kappa shape index (κ3) is 10.5. The molecule has 1 N–H and O–H groups in total. The van der Waals surface area contributed by atoms with E-state index in [0.717, 1.165) is 24.9 Å². The number of nitrogens with one attached hydrogen (secondary N) is 1. The number of carbonyl (C=O) groups is 1. The number of urea groups is 1. The molecule has 0 bridgehead atoms. The van der Waals surface area contributed by atoms with Crippen molar-refractivity contribution in [2.75, 3.05) is 33.8 Å². The monoisotopic (exact) mass is 549 g/mol. The Kier molecular flexibility index (Phi) is 12.0. The zero-order chi connectivity index (χ0) is 28.7. The van der Waals surface area contributed by atoms with E-state index >= 15 is 0 Å². The predicted octanol–water partition coefficient (Wildman–Crippen LogP) is 6.24. The lowest BCUT2D eigenvalue weighted by molar-refractivity contribution is 0.0946. The highest BCUT2D eigenvalue weighted by molar-refractivity contribution is 5.75. The van der Waals surface area contributed by atoms with Crippen LogP contribution in [0.2, 0.25) is 0 Å². The van der Waals surface area contributed by atoms with Crippen LogP contribution in [0.1, 0.15) is 22.3 Å². The van der Waals surface area contributed by atoms with Crippen LogP contribution in [0, 0.1) is 0 Å². The molecule has 5 heteroatoms. The maximum absolute atomic E-state index is 14.2. The van der Waals surface area contributed by atoms with E-state index in [4.69, 9.17) is 4.74 Å². The van der Waals surface area contributed by atoms with Crippen LogP contribution < -0.4 is 5.32 Å². The molecule has 0 saturated heterocycles. The second-order valence-corrected chi connectivity index (χ2v) is 10.9. The quantitative estimate of drug-likeness (QED) is 0.191. The molecule has 2 amide bonds. The molecule has 214 valence electrons. The van der Waals surface area contributed by atoms with Crippen molar-refractivity contribution in [2.24, 2.45) is 0 Å². The van der Waals surface area contributed by atoms with E-state index in [1.807, 2.05) is 53.4 Å². The van der Waals surface area contributed by atoms with Gasteiger partial charge in [-0.2, -0.15) is 0 Å². The first-order valence-electron chi connectivity index (χ1n) is 14.5. The van der Waals surface area contributed by atoms with Crippen LogP contribution in [0.15, 0.2) is 121 Å². The van der Waals surface area contributed by atoms with Crippen molar-refractivity contribution in [1.82, 2.24) is 15.1 Å². The van der Waals surface area contributed by atoms with Crippen molar-refractivity contribution in [2.45, 2.75) is 38.0 Å². The van der Waals surface area contributed by atoms with Crippen molar-refractivity contribution in [3.8, 4) is 0 Å². The van der Waals surface area contributed by atoms with E-state index in [0.29, 0.717) is 26.2 Å². The minimum absolute atomic E-state index is 0.0127. The Morgan fingerprint density at radius 1 is 0.683 bits per heavy atom. The Morgan fingerprint density at radius 2 is 1.17 bits per heavy atom. The molecule has 4 rings (SSSR count). The highest BCUT2D eigenvalue weighted by Gasteiger charge is 2.26. The zero-order valence-electron chi connectivity index (χ0n) is 24.4. The number of nitrogens with zero attached hydrogens (tertiary/aromatic N) is 2. The largest absolute Gasteiger partial charge is 0.375 e. The molecular formula is C36H43N3O2. The SMILES string of the molecule is CN(C)C[C@H](Cc1ccccc1)N(CCc1ccccc1)C(=O)N[C@H](COCc1ccccc1)Cc1ccccc1. The minimum atomic E-state index is -0.162. The van der Waals surface area contributed by atoms with Gasteiger partial charge in [0.2, 0.25) is 0 Å². The molecule has 5 nitrogen and oxygen atoms in total. The molecular weight excluding hydrogens is 506 g/mol. The lowest BCUT2D eigenvalue weighted by Gasteiger charge is -2.35. The first kappa shape index (κ1) is 30.0. The molecule has 0 radical (unpaired) electrons. The van der Waals surface area contributed by atoms with Crippen LogP contribution in [0.3, 0.4) is 0 Å². The van der Waals surface area contributed by atoms with Crippen molar-refractivity contribution in [3.63, 3.8) is 0 Å². The molecule has 0 aromatic heterocycles. The maximum Gasteiger partial charge on any atom is 0.318 e. The molecule has 41 heavy (non-hydrogen) atoms. The number of amides is 2. The molecule has 0 aliphatic carbocycles. The molecule has 0 heterocycles. The van der Waals surface area contributed by atoms with Crippen LogP contribution in [0.25, 0.3) is 0 Å². The summed E-state index contributed by atoms with van der Waals surface area (Å²) < 4.78 is 6.14. The number of benzene rings is 4. The van der Waals surface area contributed by atoms with Gasteiger partial charge in [-0.05, 0) is 55.6 Å². The summed E-state index contributed by atoms with van der Waals surface area (Å²) in [6.07, 6.45) is 2.28. The van der Waals surface area contributed by atoms with Gasteiger partial charge in [0.25, 0.3) is 0 Å². The second kappa shape index (κ2) is 16.4. The van der Waals surface area contributed by atoms with Gasteiger partial charge in [0, 0.05) is 13.1 Å². The van der Waals surface area contributed by atoms with Crippen molar-refractivity contribution >= 4 is 6.03 Å². The van der Waals surface area contributed by atoms with E-state index in [1.54, 1.807) is 0 Å². The van der Waals surface area contributed by atoms with E-state index in [2.05, 4.69) is 97.1 Å². The Balaban J connectivity index is 1.53. The molecule has 4 aromatic carbocycles. The van der Waals surface area contributed by atoms with Crippen molar-refractivity contribution in [1.29, 1.82) is 0 Å². The summed E-state index contributed by atoms with van der Waals surface area (Å²) in [5.41, 5.74) is 4.74. The normalized spacial score (nSPS) is 12.6. The smallest absolute Gasteiger partial charge is 0.318 e. The fourth-order valence-electron chi connectivity index (χ4n) is 5.13. The van der Waals surface area contributed by atoms with Crippen LogP contribution in [-0.2, 0) is 30.6 Å². The van der Waals surface area contributed by atoms with Crippen molar-refractivity contribution < 1.29 is 9.53 Å².